The van der Waals surface area contributed by atoms with Crippen molar-refractivity contribution in [1.82, 2.24) is 10.2 Å². The molecule has 1 rings (SSSR count). The zero-order chi connectivity index (χ0) is 13.0. The van der Waals surface area contributed by atoms with Gasteiger partial charge in [-0.25, -0.2) is 4.79 Å². The van der Waals surface area contributed by atoms with Crippen molar-refractivity contribution in [3.05, 3.63) is 0 Å². The Bertz CT molecular complexity index is 330. The van der Waals surface area contributed by atoms with Gasteiger partial charge in [-0.15, -0.1) is 0 Å². The molecule has 0 aromatic carbocycles. The highest BCUT2D eigenvalue weighted by Gasteiger charge is 2.33. The second kappa shape index (κ2) is 5.62. The Morgan fingerprint density at radius 1 is 1.53 bits per heavy atom. The Kier molecular flexibility index (Phi) is 4.45. The molecule has 0 radical (unpaired) electrons. The van der Waals surface area contributed by atoms with Crippen LogP contribution in [-0.2, 0) is 14.4 Å². The number of carbonyl (C=O) groups excluding carboxylic acids is 2. The topological polar surface area (TPSA) is 113 Å². The van der Waals surface area contributed by atoms with E-state index in [1.807, 2.05) is 0 Å². The van der Waals surface area contributed by atoms with Gasteiger partial charge in [0.05, 0.1) is 12.6 Å². The molecule has 4 N–H and O–H groups in total. The monoisotopic (exact) mass is 243 g/mol. The van der Waals surface area contributed by atoms with E-state index < -0.39 is 24.0 Å². The van der Waals surface area contributed by atoms with Gasteiger partial charge in [0.2, 0.25) is 11.8 Å². The van der Waals surface area contributed by atoms with Crippen molar-refractivity contribution in [3.63, 3.8) is 0 Å². The number of hydrogen-bond donors (Lipinski definition) is 3. The van der Waals surface area contributed by atoms with Gasteiger partial charge in [0.25, 0.3) is 0 Å². The number of hydrogen-bond acceptors (Lipinski definition) is 4. The molecular weight excluding hydrogens is 226 g/mol. The maximum atomic E-state index is 11.7. The predicted octanol–water partition coefficient (Wildman–Crippen LogP) is -1.47. The van der Waals surface area contributed by atoms with Gasteiger partial charge in [-0.05, 0) is 19.8 Å². The van der Waals surface area contributed by atoms with Crippen molar-refractivity contribution in [3.8, 4) is 0 Å². The number of likely N-dealkylation sites (tertiary alicyclic amines) is 1. The molecule has 0 aromatic heterocycles. The minimum absolute atomic E-state index is 0.204. The molecule has 0 bridgehead atoms. The number of carboxylic acid groups (broad SMARTS) is 1. The first-order chi connectivity index (χ1) is 7.93. The van der Waals surface area contributed by atoms with Crippen LogP contribution in [0.5, 0.6) is 0 Å². The van der Waals surface area contributed by atoms with Crippen LogP contribution in [0.4, 0.5) is 0 Å². The molecule has 1 aliphatic heterocycles. The first kappa shape index (κ1) is 13.4. The zero-order valence-corrected chi connectivity index (χ0v) is 9.68. The molecule has 1 saturated heterocycles. The summed E-state index contributed by atoms with van der Waals surface area (Å²) in [4.78, 5) is 35.0. The summed E-state index contributed by atoms with van der Waals surface area (Å²) in [6.45, 7) is 1.73. The summed E-state index contributed by atoms with van der Waals surface area (Å²) in [6, 6.07) is -1.45. The fourth-order valence-corrected chi connectivity index (χ4v) is 1.75. The van der Waals surface area contributed by atoms with Crippen molar-refractivity contribution < 1.29 is 19.5 Å². The van der Waals surface area contributed by atoms with Gasteiger partial charge in [-0.1, -0.05) is 0 Å². The highest BCUT2D eigenvalue weighted by atomic mass is 16.4. The molecule has 2 atom stereocenters. The molecule has 0 spiro atoms. The predicted molar refractivity (Wildman–Crippen MR) is 59.0 cm³/mol. The van der Waals surface area contributed by atoms with Gasteiger partial charge in [0, 0.05) is 6.54 Å². The normalized spacial score (nSPS) is 21.1. The van der Waals surface area contributed by atoms with Crippen LogP contribution in [-0.4, -0.2) is 53.0 Å². The lowest BCUT2D eigenvalue weighted by atomic mass is 10.2. The number of amides is 2. The van der Waals surface area contributed by atoms with Gasteiger partial charge in [0.15, 0.2) is 0 Å². The summed E-state index contributed by atoms with van der Waals surface area (Å²) in [6.07, 6.45) is 1.13. The summed E-state index contributed by atoms with van der Waals surface area (Å²) < 4.78 is 0. The quantitative estimate of drug-likeness (QED) is 0.557. The smallest absolute Gasteiger partial charge is 0.326 e. The van der Waals surface area contributed by atoms with Crippen LogP contribution in [0.15, 0.2) is 0 Å². The van der Waals surface area contributed by atoms with Gasteiger partial charge in [-0.3, -0.25) is 9.59 Å². The molecule has 7 nitrogen and oxygen atoms in total. The molecule has 1 heterocycles. The molecule has 1 fully saturated rings. The Hall–Kier alpha value is -1.63. The maximum absolute atomic E-state index is 11.7. The fraction of sp³-hybridized carbons (Fsp3) is 0.700. The van der Waals surface area contributed by atoms with E-state index in [9.17, 15) is 14.4 Å². The molecule has 2 amide bonds. The SMILES string of the molecule is C[C@@H](N)C(=O)NCC(=O)N1CCC[C@@H]1C(=O)O. The van der Waals surface area contributed by atoms with E-state index in [-0.39, 0.29) is 12.5 Å². The third-order valence-corrected chi connectivity index (χ3v) is 2.69. The molecule has 7 heteroatoms. The lowest BCUT2D eigenvalue weighted by molar-refractivity contribution is -0.148. The van der Waals surface area contributed by atoms with Gasteiger partial charge < -0.3 is 21.1 Å². The third-order valence-electron chi connectivity index (χ3n) is 2.69. The summed E-state index contributed by atoms with van der Waals surface area (Å²) in [5, 5.41) is 11.3. The van der Waals surface area contributed by atoms with Gasteiger partial charge >= 0.3 is 5.97 Å². The summed E-state index contributed by atoms with van der Waals surface area (Å²) in [5.74, 6) is -1.82. The average molecular weight is 243 g/mol. The molecule has 0 aromatic rings. The molecule has 17 heavy (non-hydrogen) atoms. The van der Waals surface area contributed by atoms with Crippen LogP contribution in [0.2, 0.25) is 0 Å². The van der Waals surface area contributed by atoms with Crippen LogP contribution in [0.3, 0.4) is 0 Å². The van der Waals surface area contributed by atoms with Crippen LogP contribution in [0, 0.1) is 0 Å². The highest BCUT2D eigenvalue weighted by molar-refractivity contribution is 5.89. The average Bonchev–Trinajstić information content (AvgIpc) is 2.73. The molecule has 96 valence electrons. The Morgan fingerprint density at radius 3 is 2.71 bits per heavy atom. The lowest BCUT2D eigenvalue weighted by Gasteiger charge is -2.21. The Labute approximate surface area is 98.9 Å². The van der Waals surface area contributed by atoms with Crippen LogP contribution in [0.25, 0.3) is 0 Å². The second-order valence-electron chi connectivity index (χ2n) is 4.09. The van der Waals surface area contributed by atoms with E-state index in [1.165, 1.54) is 11.8 Å². The zero-order valence-electron chi connectivity index (χ0n) is 9.68. The number of nitrogens with one attached hydrogen (secondary N) is 1. The third kappa shape index (κ3) is 3.42. The summed E-state index contributed by atoms with van der Waals surface area (Å²) in [7, 11) is 0. The van der Waals surface area contributed by atoms with E-state index in [1.54, 1.807) is 0 Å². The molecule has 0 unspecified atom stereocenters. The second-order valence-corrected chi connectivity index (χ2v) is 4.09. The van der Waals surface area contributed by atoms with Crippen LogP contribution in [0.1, 0.15) is 19.8 Å². The maximum Gasteiger partial charge on any atom is 0.326 e. The highest BCUT2D eigenvalue weighted by Crippen LogP contribution is 2.17. The number of carbonyl (C=O) groups is 3. The van der Waals surface area contributed by atoms with Crippen molar-refractivity contribution >= 4 is 17.8 Å². The minimum atomic E-state index is -1.01. The number of nitrogens with two attached hydrogens (primary N) is 1. The molecule has 1 aliphatic rings. The van der Waals surface area contributed by atoms with E-state index >= 15 is 0 Å². The van der Waals surface area contributed by atoms with Crippen molar-refractivity contribution in [2.75, 3.05) is 13.1 Å². The number of nitrogens with zero attached hydrogens (tertiary/aromatic N) is 1. The summed E-state index contributed by atoms with van der Waals surface area (Å²) in [5.41, 5.74) is 5.32. The number of carboxylic acids is 1. The number of rotatable bonds is 4. The van der Waals surface area contributed by atoms with Crippen molar-refractivity contribution in [2.45, 2.75) is 31.8 Å². The largest absolute Gasteiger partial charge is 0.480 e. The van der Waals surface area contributed by atoms with E-state index in [2.05, 4.69) is 5.32 Å². The van der Waals surface area contributed by atoms with E-state index in [0.29, 0.717) is 19.4 Å². The minimum Gasteiger partial charge on any atom is -0.480 e. The molecule has 0 aliphatic carbocycles. The molecular formula is C10H17N3O4. The fourth-order valence-electron chi connectivity index (χ4n) is 1.75. The Balaban J connectivity index is 2.47. The first-order valence-corrected chi connectivity index (χ1v) is 5.49. The van der Waals surface area contributed by atoms with Gasteiger partial charge in [0.1, 0.15) is 6.04 Å². The van der Waals surface area contributed by atoms with Crippen LogP contribution < -0.4 is 11.1 Å². The van der Waals surface area contributed by atoms with Crippen molar-refractivity contribution in [2.24, 2.45) is 5.73 Å². The molecule has 0 saturated carbocycles. The van der Waals surface area contributed by atoms with E-state index in [0.717, 1.165) is 0 Å². The standard InChI is InChI=1S/C10H17N3O4/c1-6(11)9(15)12-5-8(14)13-4-2-3-7(13)10(16)17/h6-7H,2-5,11H2,1H3,(H,12,15)(H,16,17)/t6-,7-/m1/s1. The lowest BCUT2D eigenvalue weighted by Crippen LogP contribution is -2.47. The van der Waals surface area contributed by atoms with E-state index in [4.69, 9.17) is 10.8 Å². The van der Waals surface area contributed by atoms with Crippen molar-refractivity contribution in [1.29, 1.82) is 0 Å². The first-order valence-electron chi connectivity index (χ1n) is 5.49. The van der Waals surface area contributed by atoms with Gasteiger partial charge in [-0.2, -0.15) is 0 Å². The van der Waals surface area contributed by atoms with Crippen LogP contribution >= 0.6 is 0 Å². The number of aliphatic carboxylic acids is 1. The summed E-state index contributed by atoms with van der Waals surface area (Å²) >= 11 is 0. The Morgan fingerprint density at radius 2 is 2.18 bits per heavy atom.